The number of aliphatic hydroxyl groups is 1. The maximum Gasteiger partial charge on any atom is 0.226 e. The van der Waals surface area contributed by atoms with Gasteiger partial charge in [0.1, 0.15) is 6.10 Å². The van der Waals surface area contributed by atoms with E-state index < -0.39 is 6.10 Å². The van der Waals surface area contributed by atoms with Crippen LogP contribution in [0.25, 0.3) is 11.1 Å². The summed E-state index contributed by atoms with van der Waals surface area (Å²) in [6.07, 6.45) is 4.12. The molecular weight excluding hydrogens is 430 g/mol. The lowest BCUT2D eigenvalue weighted by Gasteiger charge is -2.36. The molecule has 0 aliphatic carbocycles. The third-order valence-electron chi connectivity index (χ3n) is 5.92. The fourth-order valence-corrected chi connectivity index (χ4v) is 4.19. The highest BCUT2D eigenvalue weighted by Gasteiger charge is 2.32. The highest BCUT2D eigenvalue weighted by Crippen LogP contribution is 2.24. The predicted octanol–water partition coefficient (Wildman–Crippen LogP) is 3.34. The zero-order valence-corrected chi connectivity index (χ0v) is 18.9. The molecule has 1 aliphatic heterocycles. The Labute approximate surface area is 199 Å². The van der Waals surface area contributed by atoms with Crippen molar-refractivity contribution in [3.8, 4) is 11.1 Å². The zero-order chi connectivity index (χ0) is 23.8. The van der Waals surface area contributed by atoms with Crippen molar-refractivity contribution in [3.05, 3.63) is 84.7 Å². The fraction of sp³-hybridized carbons (Fsp3) is 0.296. The first-order valence-electron chi connectivity index (χ1n) is 11.5. The normalized spacial score (nSPS) is 19.9. The molecule has 0 unspecified atom stereocenters. The van der Waals surface area contributed by atoms with Crippen LogP contribution in [0.4, 0.5) is 5.69 Å². The Morgan fingerprint density at radius 3 is 2.41 bits per heavy atom. The van der Waals surface area contributed by atoms with Gasteiger partial charge in [0.25, 0.3) is 0 Å². The van der Waals surface area contributed by atoms with E-state index in [4.69, 9.17) is 4.74 Å². The topological polar surface area (TPSA) is 101 Å². The number of rotatable bonds is 8. The number of carbonyl (C=O) groups is 2. The first kappa shape index (κ1) is 23.6. The summed E-state index contributed by atoms with van der Waals surface area (Å²) in [5.41, 5.74) is 3.74. The van der Waals surface area contributed by atoms with Gasteiger partial charge in [-0.05, 0) is 47.7 Å². The van der Waals surface area contributed by atoms with Crippen molar-refractivity contribution in [1.29, 1.82) is 0 Å². The summed E-state index contributed by atoms with van der Waals surface area (Å²) >= 11 is 0. The lowest BCUT2D eigenvalue weighted by atomic mass is 9.96. The molecule has 3 N–H and O–H groups in total. The molecule has 2 amide bonds. The van der Waals surface area contributed by atoms with E-state index in [9.17, 15) is 14.7 Å². The standard InChI is InChI=1S/C27H29N3O4/c31-18-25-24(30-26(32)15-19-5-4-14-28-17-19)13-12-23(34-25)16-27(33)29-22-10-8-21(9-11-22)20-6-2-1-3-7-20/h1-11,14,17,23-25,31H,12-13,15-16,18H2,(H,29,33)(H,30,32)/t23-,24-,25+/m1/s1. The average Bonchev–Trinajstić information content (AvgIpc) is 2.86. The van der Waals surface area contributed by atoms with Gasteiger partial charge in [-0.1, -0.05) is 48.5 Å². The van der Waals surface area contributed by atoms with Gasteiger partial charge in [0, 0.05) is 18.1 Å². The van der Waals surface area contributed by atoms with Gasteiger partial charge < -0.3 is 20.5 Å². The van der Waals surface area contributed by atoms with Gasteiger partial charge in [0.05, 0.1) is 31.6 Å². The Hall–Kier alpha value is -3.55. The monoisotopic (exact) mass is 459 g/mol. The molecule has 3 atom stereocenters. The summed E-state index contributed by atoms with van der Waals surface area (Å²) in [5, 5.41) is 15.6. The first-order valence-corrected chi connectivity index (χ1v) is 11.5. The van der Waals surface area contributed by atoms with Crippen LogP contribution < -0.4 is 10.6 Å². The quantitative estimate of drug-likeness (QED) is 0.480. The molecule has 0 radical (unpaired) electrons. The molecule has 3 aromatic rings. The zero-order valence-electron chi connectivity index (χ0n) is 18.9. The van der Waals surface area contributed by atoms with Gasteiger partial charge in [-0.2, -0.15) is 0 Å². The van der Waals surface area contributed by atoms with Crippen molar-refractivity contribution in [2.45, 2.75) is 43.9 Å². The third-order valence-corrected chi connectivity index (χ3v) is 5.92. The number of nitrogens with one attached hydrogen (secondary N) is 2. The fourth-order valence-electron chi connectivity index (χ4n) is 4.19. The second-order valence-electron chi connectivity index (χ2n) is 8.46. The number of anilines is 1. The van der Waals surface area contributed by atoms with Crippen LogP contribution in [0.1, 0.15) is 24.8 Å². The molecule has 1 aromatic heterocycles. The Balaban J connectivity index is 1.25. The SMILES string of the molecule is O=C(C[C@H]1CC[C@@H](NC(=O)Cc2cccnc2)[C@H](CO)O1)Nc1ccc(-c2ccccc2)cc1. The third kappa shape index (κ3) is 6.50. The van der Waals surface area contributed by atoms with E-state index in [1.165, 1.54) is 0 Å². The molecule has 0 bridgehead atoms. The number of hydrogen-bond acceptors (Lipinski definition) is 5. The van der Waals surface area contributed by atoms with Crippen molar-refractivity contribution in [2.24, 2.45) is 0 Å². The molecular formula is C27H29N3O4. The number of benzene rings is 2. The summed E-state index contributed by atoms with van der Waals surface area (Å²) in [4.78, 5) is 29.0. The molecule has 176 valence electrons. The summed E-state index contributed by atoms with van der Waals surface area (Å²) in [6, 6.07) is 21.1. The average molecular weight is 460 g/mol. The number of pyridine rings is 1. The van der Waals surface area contributed by atoms with Crippen LogP contribution in [0.3, 0.4) is 0 Å². The number of nitrogens with zero attached hydrogens (tertiary/aromatic N) is 1. The molecule has 2 aromatic carbocycles. The van der Waals surface area contributed by atoms with Crippen LogP contribution >= 0.6 is 0 Å². The van der Waals surface area contributed by atoms with E-state index in [1.807, 2.05) is 60.7 Å². The molecule has 1 aliphatic rings. The second-order valence-corrected chi connectivity index (χ2v) is 8.46. The molecule has 34 heavy (non-hydrogen) atoms. The molecule has 1 saturated heterocycles. The van der Waals surface area contributed by atoms with Crippen LogP contribution in [-0.2, 0) is 20.7 Å². The molecule has 4 rings (SSSR count). The second kappa shape index (κ2) is 11.5. The minimum Gasteiger partial charge on any atom is -0.394 e. The lowest BCUT2D eigenvalue weighted by Crippen LogP contribution is -2.51. The van der Waals surface area contributed by atoms with E-state index >= 15 is 0 Å². The summed E-state index contributed by atoms with van der Waals surface area (Å²) in [5.74, 6) is -0.289. The molecule has 1 fully saturated rings. The predicted molar refractivity (Wildman–Crippen MR) is 130 cm³/mol. The van der Waals surface area contributed by atoms with E-state index in [1.54, 1.807) is 18.5 Å². The maximum absolute atomic E-state index is 12.6. The van der Waals surface area contributed by atoms with Crippen molar-refractivity contribution in [2.75, 3.05) is 11.9 Å². The summed E-state index contributed by atoms with van der Waals surface area (Å²) in [7, 11) is 0. The highest BCUT2D eigenvalue weighted by molar-refractivity contribution is 5.91. The number of amides is 2. The smallest absolute Gasteiger partial charge is 0.226 e. The Bertz CT molecular complexity index is 1070. The molecule has 0 saturated carbocycles. The van der Waals surface area contributed by atoms with E-state index in [-0.39, 0.29) is 43.4 Å². The van der Waals surface area contributed by atoms with Crippen molar-refractivity contribution in [3.63, 3.8) is 0 Å². The number of carbonyl (C=O) groups excluding carboxylic acids is 2. The molecule has 7 nitrogen and oxygen atoms in total. The maximum atomic E-state index is 12.6. The van der Waals surface area contributed by atoms with Crippen molar-refractivity contribution >= 4 is 17.5 Å². The van der Waals surface area contributed by atoms with Crippen LogP contribution in [0.15, 0.2) is 79.1 Å². The lowest BCUT2D eigenvalue weighted by molar-refractivity contribution is -0.133. The van der Waals surface area contributed by atoms with Crippen LogP contribution in [0.2, 0.25) is 0 Å². The molecule has 7 heteroatoms. The summed E-state index contributed by atoms with van der Waals surface area (Å²) in [6.45, 7) is -0.225. The number of hydrogen-bond donors (Lipinski definition) is 3. The van der Waals surface area contributed by atoms with E-state index in [0.717, 1.165) is 22.4 Å². The van der Waals surface area contributed by atoms with Gasteiger partial charge in [-0.15, -0.1) is 0 Å². The number of aromatic nitrogens is 1. The van der Waals surface area contributed by atoms with Gasteiger partial charge in [-0.25, -0.2) is 0 Å². The van der Waals surface area contributed by atoms with Crippen LogP contribution in [0.5, 0.6) is 0 Å². The Morgan fingerprint density at radius 1 is 0.941 bits per heavy atom. The van der Waals surface area contributed by atoms with Crippen LogP contribution in [-0.4, -0.2) is 46.8 Å². The molecule has 0 spiro atoms. The number of aliphatic hydroxyl groups excluding tert-OH is 1. The Morgan fingerprint density at radius 2 is 1.71 bits per heavy atom. The highest BCUT2D eigenvalue weighted by atomic mass is 16.5. The summed E-state index contributed by atoms with van der Waals surface area (Å²) < 4.78 is 5.95. The largest absolute Gasteiger partial charge is 0.394 e. The first-order chi connectivity index (χ1) is 16.6. The van der Waals surface area contributed by atoms with Gasteiger partial charge >= 0.3 is 0 Å². The molecule has 2 heterocycles. The van der Waals surface area contributed by atoms with Crippen molar-refractivity contribution in [1.82, 2.24) is 10.3 Å². The van der Waals surface area contributed by atoms with E-state index in [2.05, 4.69) is 15.6 Å². The number of ether oxygens (including phenoxy) is 1. The van der Waals surface area contributed by atoms with E-state index in [0.29, 0.717) is 12.8 Å². The van der Waals surface area contributed by atoms with Crippen LogP contribution in [0, 0.1) is 0 Å². The minimum absolute atomic E-state index is 0.143. The Kier molecular flexibility index (Phi) is 8.01. The van der Waals surface area contributed by atoms with Crippen molar-refractivity contribution < 1.29 is 19.4 Å². The minimum atomic E-state index is -0.547. The van der Waals surface area contributed by atoms with Gasteiger partial charge in [0.15, 0.2) is 0 Å². The van der Waals surface area contributed by atoms with Gasteiger partial charge in [0.2, 0.25) is 11.8 Å². The van der Waals surface area contributed by atoms with Gasteiger partial charge in [-0.3, -0.25) is 14.6 Å².